The number of ether oxygens (including phenoxy) is 1. The van der Waals surface area contributed by atoms with E-state index < -0.39 is 0 Å². The molecular formula is C11H14O3. The molecule has 3 heteroatoms. The van der Waals surface area contributed by atoms with Crippen molar-refractivity contribution in [3.05, 3.63) is 33.9 Å². The Morgan fingerprint density at radius 1 is 1.21 bits per heavy atom. The van der Waals surface area contributed by atoms with Crippen molar-refractivity contribution in [1.29, 1.82) is 0 Å². The second kappa shape index (κ2) is 3.69. The Morgan fingerprint density at radius 2 is 1.93 bits per heavy atom. The number of rotatable bonds is 2. The number of hydrogen-bond acceptors (Lipinski definition) is 3. The van der Waals surface area contributed by atoms with Crippen molar-refractivity contribution in [3.8, 4) is 0 Å². The molecule has 0 aromatic heterocycles. The van der Waals surface area contributed by atoms with E-state index in [0.29, 0.717) is 13.2 Å². The van der Waals surface area contributed by atoms with Gasteiger partial charge in [0.15, 0.2) is 0 Å². The molecule has 1 aromatic carbocycles. The average Bonchev–Trinajstić information content (AvgIpc) is 2.66. The minimum atomic E-state index is -0.0259. The zero-order valence-corrected chi connectivity index (χ0v) is 8.21. The lowest BCUT2D eigenvalue weighted by atomic mass is 9.94. The minimum absolute atomic E-state index is 0.0238. The molecule has 0 saturated heterocycles. The van der Waals surface area contributed by atoms with Gasteiger partial charge in [-0.2, -0.15) is 0 Å². The van der Waals surface area contributed by atoms with E-state index in [1.54, 1.807) is 0 Å². The van der Waals surface area contributed by atoms with Crippen LogP contribution in [0.1, 0.15) is 27.8 Å². The molecule has 0 aliphatic carbocycles. The summed E-state index contributed by atoms with van der Waals surface area (Å²) in [5, 5.41) is 18.4. The van der Waals surface area contributed by atoms with Crippen molar-refractivity contribution >= 4 is 0 Å². The molecule has 0 radical (unpaired) electrons. The molecule has 14 heavy (non-hydrogen) atoms. The first-order valence-electron chi connectivity index (χ1n) is 4.70. The summed E-state index contributed by atoms with van der Waals surface area (Å²) in [7, 11) is 0. The zero-order chi connectivity index (χ0) is 10.1. The predicted molar refractivity (Wildman–Crippen MR) is 51.5 cm³/mol. The highest BCUT2D eigenvalue weighted by Crippen LogP contribution is 2.29. The van der Waals surface area contributed by atoms with Gasteiger partial charge in [-0.3, -0.25) is 0 Å². The normalized spacial score (nSPS) is 14.5. The van der Waals surface area contributed by atoms with E-state index in [-0.39, 0.29) is 13.2 Å². The number of aliphatic hydroxyl groups is 2. The first-order valence-corrected chi connectivity index (χ1v) is 4.70. The van der Waals surface area contributed by atoms with Crippen LogP contribution in [-0.4, -0.2) is 10.2 Å². The molecular weight excluding hydrogens is 180 g/mol. The van der Waals surface area contributed by atoms with Gasteiger partial charge >= 0.3 is 0 Å². The summed E-state index contributed by atoms with van der Waals surface area (Å²) < 4.78 is 5.34. The molecule has 76 valence electrons. The fourth-order valence-electron chi connectivity index (χ4n) is 2.02. The third-order valence-electron chi connectivity index (χ3n) is 2.80. The Morgan fingerprint density at radius 3 is 2.57 bits per heavy atom. The van der Waals surface area contributed by atoms with Gasteiger partial charge in [-0.1, -0.05) is 6.07 Å². The number of fused-ring (bicyclic) bond motifs is 1. The van der Waals surface area contributed by atoms with E-state index >= 15 is 0 Å². The van der Waals surface area contributed by atoms with Crippen LogP contribution >= 0.6 is 0 Å². The smallest absolute Gasteiger partial charge is 0.0728 e. The van der Waals surface area contributed by atoms with Gasteiger partial charge in [0, 0.05) is 0 Å². The Labute approximate surface area is 83.0 Å². The van der Waals surface area contributed by atoms with Gasteiger partial charge in [0.05, 0.1) is 26.4 Å². The molecule has 0 bridgehead atoms. The predicted octanol–water partition coefficient (Wildman–Crippen LogP) is 1.01. The molecule has 2 rings (SSSR count). The second-order valence-corrected chi connectivity index (χ2v) is 3.60. The summed E-state index contributed by atoms with van der Waals surface area (Å²) in [4.78, 5) is 0. The largest absolute Gasteiger partial charge is 0.392 e. The van der Waals surface area contributed by atoms with Crippen LogP contribution < -0.4 is 0 Å². The third kappa shape index (κ3) is 1.34. The van der Waals surface area contributed by atoms with E-state index in [1.807, 2.05) is 13.0 Å². The van der Waals surface area contributed by atoms with E-state index in [0.717, 1.165) is 22.3 Å². The summed E-state index contributed by atoms with van der Waals surface area (Å²) in [5.74, 6) is 0. The minimum Gasteiger partial charge on any atom is -0.392 e. The maximum atomic E-state index is 9.24. The Hall–Kier alpha value is -0.900. The molecule has 1 aromatic rings. The molecule has 0 unspecified atom stereocenters. The average molecular weight is 194 g/mol. The van der Waals surface area contributed by atoms with E-state index in [4.69, 9.17) is 9.84 Å². The van der Waals surface area contributed by atoms with Gasteiger partial charge in [0.1, 0.15) is 0 Å². The summed E-state index contributed by atoms with van der Waals surface area (Å²) in [5.41, 5.74) is 5.03. The van der Waals surface area contributed by atoms with Gasteiger partial charge in [-0.15, -0.1) is 0 Å². The maximum Gasteiger partial charge on any atom is 0.0728 e. The molecule has 1 heterocycles. The van der Waals surface area contributed by atoms with Crippen molar-refractivity contribution in [2.24, 2.45) is 0 Å². The number of benzene rings is 1. The van der Waals surface area contributed by atoms with Crippen LogP contribution in [0.25, 0.3) is 0 Å². The second-order valence-electron chi connectivity index (χ2n) is 3.60. The Balaban J connectivity index is 2.62. The van der Waals surface area contributed by atoms with Crippen LogP contribution in [0, 0.1) is 6.92 Å². The zero-order valence-electron chi connectivity index (χ0n) is 8.21. The van der Waals surface area contributed by atoms with Crippen LogP contribution in [0.2, 0.25) is 0 Å². The number of aliphatic hydroxyl groups excluding tert-OH is 2. The summed E-state index contributed by atoms with van der Waals surface area (Å²) >= 11 is 0. The fourth-order valence-corrected chi connectivity index (χ4v) is 2.02. The highest BCUT2D eigenvalue weighted by Gasteiger charge is 2.19. The molecule has 1 aliphatic heterocycles. The maximum absolute atomic E-state index is 9.24. The highest BCUT2D eigenvalue weighted by molar-refractivity contribution is 5.46. The van der Waals surface area contributed by atoms with Crippen LogP contribution in [0.4, 0.5) is 0 Å². The van der Waals surface area contributed by atoms with Crippen LogP contribution in [-0.2, 0) is 31.2 Å². The SMILES string of the molecule is Cc1cc(CO)c(CO)c2c1COC2. The lowest BCUT2D eigenvalue weighted by molar-refractivity contribution is 0.133. The quantitative estimate of drug-likeness (QED) is 0.738. The van der Waals surface area contributed by atoms with Crippen molar-refractivity contribution in [2.45, 2.75) is 33.4 Å². The first-order chi connectivity index (χ1) is 6.77. The molecule has 2 N–H and O–H groups in total. The van der Waals surface area contributed by atoms with Crippen molar-refractivity contribution in [3.63, 3.8) is 0 Å². The first kappa shape index (κ1) is 9.65. The molecule has 0 spiro atoms. The molecule has 0 fully saturated rings. The van der Waals surface area contributed by atoms with Gasteiger partial charge < -0.3 is 14.9 Å². The lowest BCUT2D eigenvalue weighted by Gasteiger charge is -2.12. The van der Waals surface area contributed by atoms with Crippen molar-refractivity contribution in [1.82, 2.24) is 0 Å². The van der Waals surface area contributed by atoms with Crippen LogP contribution in [0.15, 0.2) is 6.07 Å². The summed E-state index contributed by atoms with van der Waals surface area (Å²) in [6.07, 6.45) is 0. The van der Waals surface area contributed by atoms with Gasteiger partial charge in [0.2, 0.25) is 0 Å². The lowest BCUT2D eigenvalue weighted by Crippen LogP contribution is -2.02. The third-order valence-corrected chi connectivity index (χ3v) is 2.80. The van der Waals surface area contributed by atoms with E-state index in [9.17, 15) is 5.11 Å². The standard InChI is InChI=1S/C11H14O3/c1-7-2-8(3-12)9(4-13)11-6-14-5-10(7)11/h2,12-13H,3-6H2,1H3. The summed E-state index contributed by atoms with van der Waals surface area (Å²) in [6.45, 7) is 3.14. The Bertz CT molecular complexity index is 358. The topological polar surface area (TPSA) is 49.7 Å². The molecule has 3 nitrogen and oxygen atoms in total. The van der Waals surface area contributed by atoms with E-state index in [2.05, 4.69) is 0 Å². The summed E-state index contributed by atoms with van der Waals surface area (Å²) in [6, 6.07) is 1.93. The Kier molecular flexibility index (Phi) is 2.54. The van der Waals surface area contributed by atoms with Crippen LogP contribution in [0.5, 0.6) is 0 Å². The molecule has 1 aliphatic rings. The molecule has 0 saturated carbocycles. The van der Waals surface area contributed by atoms with Gasteiger partial charge in [-0.25, -0.2) is 0 Å². The van der Waals surface area contributed by atoms with Gasteiger partial charge in [-0.05, 0) is 34.7 Å². The van der Waals surface area contributed by atoms with Gasteiger partial charge in [0.25, 0.3) is 0 Å². The monoisotopic (exact) mass is 194 g/mol. The highest BCUT2D eigenvalue weighted by atomic mass is 16.5. The van der Waals surface area contributed by atoms with Crippen molar-refractivity contribution < 1.29 is 14.9 Å². The number of aryl methyl sites for hydroxylation is 1. The molecule has 0 atom stereocenters. The van der Waals surface area contributed by atoms with Crippen LogP contribution in [0.3, 0.4) is 0 Å². The molecule has 0 amide bonds. The fraction of sp³-hybridized carbons (Fsp3) is 0.455. The number of hydrogen-bond donors (Lipinski definition) is 2. The van der Waals surface area contributed by atoms with Crippen molar-refractivity contribution in [2.75, 3.05) is 0 Å². The van der Waals surface area contributed by atoms with E-state index in [1.165, 1.54) is 5.56 Å².